The molecule has 2 aromatic carbocycles. The van der Waals surface area contributed by atoms with Crippen LogP contribution in [0.3, 0.4) is 0 Å². The average molecular weight is 448 g/mol. The van der Waals surface area contributed by atoms with Crippen LogP contribution in [0.1, 0.15) is 32.1 Å². The van der Waals surface area contributed by atoms with Crippen LogP contribution in [-0.4, -0.2) is 72.0 Å². The number of rotatable bonds is 0. The van der Waals surface area contributed by atoms with E-state index >= 15 is 0 Å². The Kier molecular flexibility index (Phi) is 3.51. The van der Waals surface area contributed by atoms with Crippen LogP contribution in [0.25, 0.3) is 34.1 Å². The van der Waals surface area contributed by atoms with E-state index in [-0.39, 0.29) is 23.1 Å². The van der Waals surface area contributed by atoms with Crippen LogP contribution < -0.4 is 0 Å². The van der Waals surface area contributed by atoms with E-state index in [9.17, 15) is 9.59 Å². The molecule has 0 amide bonds. The largest absolute Gasteiger partial charge is 0.292 e. The Morgan fingerprint density at radius 1 is 0.529 bits per heavy atom. The molecule has 14 heteroatoms. The van der Waals surface area contributed by atoms with E-state index in [2.05, 4.69) is 51.2 Å². The molecule has 6 aromatic rings. The smallest absolute Gasteiger partial charge is 0.287 e. The number of nitrogens with zero attached hydrogens (tertiary/aromatic N) is 12. The van der Waals surface area contributed by atoms with E-state index in [0.717, 1.165) is 15.8 Å². The molecule has 0 unspecified atom stereocenters. The molecule has 0 radical (unpaired) electrons. The monoisotopic (exact) mass is 448 g/mol. The molecule has 2 aliphatic rings. The Morgan fingerprint density at radius 3 is 1.62 bits per heavy atom. The molecule has 2 aliphatic carbocycles. The molecule has 0 spiro atoms. The molecular weight excluding hydrogens is 440 g/mol. The lowest BCUT2D eigenvalue weighted by molar-refractivity contribution is 0.103. The fourth-order valence-electron chi connectivity index (χ4n) is 3.92. The lowest BCUT2D eigenvalue weighted by Crippen LogP contribution is -2.06. The normalized spacial score (nSPS) is 12.8. The number of fused-ring (bicyclic) bond motifs is 8. The van der Waals surface area contributed by atoms with Gasteiger partial charge >= 0.3 is 0 Å². The fraction of sp³-hybridized carbons (Fsp3) is 0. The summed E-state index contributed by atoms with van der Waals surface area (Å²) in [4.78, 5) is 32.5. The number of ketones is 2. The number of hydrogen-bond acceptors (Lipinski definition) is 12. The van der Waals surface area contributed by atoms with E-state index in [1.54, 1.807) is 12.1 Å². The number of tetrazole rings is 2. The van der Waals surface area contributed by atoms with E-state index in [0.29, 0.717) is 33.9 Å². The second-order valence-electron chi connectivity index (χ2n) is 7.30. The molecule has 4 heterocycles. The van der Waals surface area contributed by atoms with Gasteiger partial charge in [0, 0.05) is 22.3 Å². The van der Waals surface area contributed by atoms with Crippen LogP contribution in [0.5, 0.6) is 0 Å². The van der Waals surface area contributed by atoms with Crippen LogP contribution in [0.2, 0.25) is 0 Å². The van der Waals surface area contributed by atoms with Crippen molar-refractivity contribution in [3.05, 3.63) is 71.0 Å². The highest BCUT2D eigenvalue weighted by atomic mass is 16.1. The molecule has 0 atom stereocenters. The second kappa shape index (κ2) is 6.55. The standard InChI is InChI=1S/2C10H4N6O/c17-9-6-4-2-1-3-5(6)7-8(9)11-10-12-14-15-16(10)13-7;17-9-6-4-2-1-3-5(6)7-8(9)13-16-10(11-7)12-14-15-16/h2*1-4H. The third-order valence-corrected chi connectivity index (χ3v) is 5.42. The summed E-state index contributed by atoms with van der Waals surface area (Å²) in [6.07, 6.45) is 0. The van der Waals surface area contributed by atoms with Gasteiger partial charge in [-0.1, -0.05) is 68.0 Å². The first-order valence-electron chi connectivity index (χ1n) is 9.90. The second-order valence-corrected chi connectivity index (χ2v) is 7.30. The third-order valence-electron chi connectivity index (χ3n) is 5.42. The first-order valence-corrected chi connectivity index (χ1v) is 9.90. The van der Waals surface area contributed by atoms with Crippen molar-refractivity contribution in [2.45, 2.75) is 0 Å². The summed E-state index contributed by atoms with van der Waals surface area (Å²) in [6.45, 7) is 0. The van der Waals surface area contributed by atoms with Crippen LogP contribution in [0, 0.1) is 0 Å². The SMILES string of the molecule is O=C1c2ccccc2-c2nc3nnnn3nc21.O=C1c2ccccc2-c2nn3nnnc3nc21. The first kappa shape index (κ1) is 18.2. The number of aromatic nitrogens is 12. The van der Waals surface area contributed by atoms with E-state index in [1.807, 2.05) is 36.4 Å². The minimum atomic E-state index is -0.138. The van der Waals surface area contributed by atoms with Crippen molar-refractivity contribution < 1.29 is 9.59 Å². The lowest BCUT2D eigenvalue weighted by Gasteiger charge is -1.96. The van der Waals surface area contributed by atoms with Crippen LogP contribution in [0.4, 0.5) is 0 Å². The number of benzene rings is 2. The van der Waals surface area contributed by atoms with Crippen molar-refractivity contribution in [2.24, 2.45) is 0 Å². The molecule has 0 saturated heterocycles. The molecule has 0 aliphatic heterocycles. The van der Waals surface area contributed by atoms with Gasteiger partial charge in [-0.2, -0.15) is 0 Å². The van der Waals surface area contributed by atoms with Crippen LogP contribution >= 0.6 is 0 Å². The number of carbonyl (C=O) groups excluding carboxylic acids is 2. The zero-order valence-electron chi connectivity index (χ0n) is 16.8. The highest BCUT2D eigenvalue weighted by Gasteiger charge is 2.31. The molecule has 0 saturated carbocycles. The van der Waals surface area contributed by atoms with Crippen molar-refractivity contribution in [2.75, 3.05) is 0 Å². The Balaban J connectivity index is 0.000000118. The van der Waals surface area contributed by atoms with Gasteiger partial charge in [0.25, 0.3) is 11.6 Å². The maximum absolute atomic E-state index is 12.1. The van der Waals surface area contributed by atoms with Crippen molar-refractivity contribution in [3.8, 4) is 22.5 Å². The molecule has 34 heavy (non-hydrogen) atoms. The van der Waals surface area contributed by atoms with Gasteiger partial charge < -0.3 is 0 Å². The minimum Gasteiger partial charge on any atom is -0.287 e. The van der Waals surface area contributed by atoms with Gasteiger partial charge in [-0.05, 0) is 20.9 Å². The van der Waals surface area contributed by atoms with Gasteiger partial charge in [-0.3, -0.25) is 9.59 Å². The van der Waals surface area contributed by atoms with Crippen LogP contribution in [-0.2, 0) is 0 Å². The zero-order chi connectivity index (χ0) is 22.8. The van der Waals surface area contributed by atoms with Gasteiger partial charge in [0.2, 0.25) is 11.6 Å². The summed E-state index contributed by atoms with van der Waals surface area (Å²) < 4.78 is 2.37. The summed E-state index contributed by atoms with van der Waals surface area (Å²) in [5.74, 6) is 0.243. The summed E-state index contributed by atoms with van der Waals surface area (Å²) >= 11 is 0. The molecule has 0 fully saturated rings. The van der Waals surface area contributed by atoms with Gasteiger partial charge in [0.15, 0.2) is 5.69 Å². The molecule has 0 N–H and O–H groups in total. The minimum absolute atomic E-state index is 0.131. The molecule has 0 bridgehead atoms. The van der Waals surface area contributed by atoms with Gasteiger partial charge in [-0.25, -0.2) is 9.97 Å². The molecule has 14 nitrogen and oxygen atoms in total. The van der Waals surface area contributed by atoms with E-state index in [4.69, 9.17) is 0 Å². The summed E-state index contributed by atoms with van der Waals surface area (Å²) in [7, 11) is 0. The zero-order valence-corrected chi connectivity index (χ0v) is 16.8. The van der Waals surface area contributed by atoms with Crippen LogP contribution in [0.15, 0.2) is 48.5 Å². The Bertz CT molecular complexity index is 1690. The molecule has 160 valence electrons. The quantitative estimate of drug-likeness (QED) is 0.310. The van der Waals surface area contributed by atoms with Gasteiger partial charge in [0.1, 0.15) is 17.1 Å². The van der Waals surface area contributed by atoms with E-state index in [1.165, 1.54) is 4.63 Å². The van der Waals surface area contributed by atoms with Crippen molar-refractivity contribution in [1.82, 2.24) is 60.5 Å². The summed E-state index contributed by atoms with van der Waals surface area (Å²) in [6, 6.07) is 14.5. The maximum Gasteiger partial charge on any atom is 0.292 e. The number of carbonyl (C=O) groups is 2. The summed E-state index contributed by atoms with van der Waals surface area (Å²) in [5, 5.41) is 29.9. The van der Waals surface area contributed by atoms with Gasteiger partial charge in [-0.15, -0.1) is 10.2 Å². The fourth-order valence-corrected chi connectivity index (χ4v) is 3.92. The number of hydrogen-bond donors (Lipinski definition) is 0. The Hall–Kier alpha value is -5.40. The van der Waals surface area contributed by atoms with E-state index < -0.39 is 0 Å². The molecular formula is C20H8N12O2. The highest BCUT2D eigenvalue weighted by molar-refractivity contribution is 6.20. The highest BCUT2D eigenvalue weighted by Crippen LogP contribution is 2.34. The Labute approximate surface area is 187 Å². The van der Waals surface area contributed by atoms with Crippen molar-refractivity contribution in [1.29, 1.82) is 0 Å². The van der Waals surface area contributed by atoms with Crippen molar-refractivity contribution >= 4 is 23.1 Å². The molecule has 4 aromatic heterocycles. The average Bonchev–Trinajstić information content (AvgIpc) is 3.64. The topological polar surface area (TPSA) is 172 Å². The molecule has 8 rings (SSSR count). The first-order chi connectivity index (χ1) is 16.7. The predicted octanol–water partition coefficient (Wildman–Crippen LogP) is 0.251. The lowest BCUT2D eigenvalue weighted by atomic mass is 10.1. The Morgan fingerprint density at radius 2 is 1.00 bits per heavy atom. The van der Waals surface area contributed by atoms with Gasteiger partial charge in [0.05, 0.1) is 0 Å². The van der Waals surface area contributed by atoms with Crippen molar-refractivity contribution in [3.63, 3.8) is 0 Å². The summed E-state index contributed by atoms with van der Waals surface area (Å²) in [5.41, 5.74) is 4.48. The predicted molar refractivity (Wildman–Crippen MR) is 110 cm³/mol. The third kappa shape index (κ3) is 2.44. The maximum atomic E-state index is 12.1.